The van der Waals surface area contributed by atoms with Crippen molar-refractivity contribution in [1.29, 1.82) is 5.26 Å². The largest absolute Gasteiger partial charge is 0.198 e. The van der Waals surface area contributed by atoms with Crippen molar-refractivity contribution in [2.24, 2.45) is 17.8 Å². The number of rotatable bonds is 2. The number of hydrogen-bond acceptors (Lipinski definition) is 1. The van der Waals surface area contributed by atoms with E-state index in [1.54, 1.807) is 0 Å². The summed E-state index contributed by atoms with van der Waals surface area (Å²) in [6.45, 7) is 4.53. The normalized spacial score (nSPS) is 30.7. The van der Waals surface area contributed by atoms with E-state index in [9.17, 15) is 0 Å². The van der Waals surface area contributed by atoms with E-state index >= 15 is 0 Å². The van der Waals surface area contributed by atoms with E-state index in [-0.39, 0.29) is 0 Å². The minimum absolute atomic E-state index is 0.374. The Bertz CT molecular complexity index is 155. The van der Waals surface area contributed by atoms with Gasteiger partial charge in [0, 0.05) is 5.92 Å². The Balaban J connectivity index is 2.26. The van der Waals surface area contributed by atoms with Gasteiger partial charge in [0.05, 0.1) is 6.07 Å². The highest BCUT2D eigenvalue weighted by molar-refractivity contribution is 4.89. The van der Waals surface area contributed by atoms with Crippen LogP contribution in [0.15, 0.2) is 0 Å². The second kappa shape index (κ2) is 3.76. The maximum Gasteiger partial charge on any atom is 0.0655 e. The lowest BCUT2D eigenvalue weighted by Gasteiger charge is -2.10. The van der Waals surface area contributed by atoms with Crippen molar-refractivity contribution in [2.45, 2.75) is 39.5 Å². The summed E-state index contributed by atoms with van der Waals surface area (Å²) < 4.78 is 0. The van der Waals surface area contributed by atoms with Gasteiger partial charge >= 0.3 is 0 Å². The van der Waals surface area contributed by atoms with Crippen molar-refractivity contribution in [1.82, 2.24) is 0 Å². The third-order valence-corrected chi connectivity index (χ3v) is 2.53. The zero-order valence-corrected chi connectivity index (χ0v) is 7.51. The average Bonchev–Trinajstić information content (AvgIpc) is 2.34. The van der Waals surface area contributed by atoms with Crippen LogP contribution in [0.25, 0.3) is 0 Å². The highest BCUT2D eigenvalue weighted by Gasteiger charge is 2.24. The fourth-order valence-corrected chi connectivity index (χ4v) is 2.07. The van der Waals surface area contributed by atoms with Gasteiger partial charge < -0.3 is 0 Å². The molecule has 0 aromatic rings. The van der Waals surface area contributed by atoms with Gasteiger partial charge in [-0.1, -0.05) is 13.8 Å². The Hall–Kier alpha value is -0.510. The summed E-state index contributed by atoms with van der Waals surface area (Å²) in [6, 6.07) is 2.37. The summed E-state index contributed by atoms with van der Waals surface area (Å²) in [4.78, 5) is 0. The molecule has 0 spiro atoms. The molecule has 1 nitrogen and oxygen atoms in total. The van der Waals surface area contributed by atoms with Crippen molar-refractivity contribution in [3.8, 4) is 6.07 Å². The van der Waals surface area contributed by atoms with Gasteiger partial charge in [0.1, 0.15) is 0 Å². The Morgan fingerprint density at radius 1 is 1.45 bits per heavy atom. The van der Waals surface area contributed by atoms with Crippen LogP contribution < -0.4 is 0 Å². The van der Waals surface area contributed by atoms with Gasteiger partial charge in [0.25, 0.3) is 0 Å². The highest BCUT2D eigenvalue weighted by atomic mass is 14.3. The summed E-state index contributed by atoms with van der Waals surface area (Å²) >= 11 is 0. The van der Waals surface area contributed by atoms with E-state index in [1.165, 1.54) is 12.8 Å². The lowest BCUT2D eigenvalue weighted by atomic mass is 9.95. The molecule has 1 aliphatic rings. The van der Waals surface area contributed by atoms with Crippen LogP contribution in [0.1, 0.15) is 39.5 Å². The molecule has 1 rings (SSSR count). The Labute approximate surface area is 69.4 Å². The van der Waals surface area contributed by atoms with Crippen LogP contribution in [0.4, 0.5) is 0 Å². The summed E-state index contributed by atoms with van der Waals surface area (Å²) in [6.07, 6.45) is 4.91. The molecule has 0 aromatic carbocycles. The average molecular weight is 151 g/mol. The minimum Gasteiger partial charge on any atom is -0.198 e. The molecule has 0 bridgehead atoms. The lowest BCUT2D eigenvalue weighted by Crippen LogP contribution is -1.99. The Morgan fingerprint density at radius 3 is 2.64 bits per heavy atom. The van der Waals surface area contributed by atoms with Crippen LogP contribution in [-0.2, 0) is 0 Å². The van der Waals surface area contributed by atoms with Gasteiger partial charge in [-0.15, -0.1) is 0 Å². The Morgan fingerprint density at radius 2 is 2.18 bits per heavy atom. The van der Waals surface area contributed by atoms with Gasteiger partial charge in [-0.2, -0.15) is 5.26 Å². The van der Waals surface area contributed by atoms with Crippen LogP contribution in [0.5, 0.6) is 0 Å². The predicted octanol–water partition coefficient (Wildman–Crippen LogP) is 2.97. The molecule has 0 unspecified atom stereocenters. The predicted molar refractivity (Wildman–Crippen MR) is 45.9 cm³/mol. The van der Waals surface area contributed by atoms with Gasteiger partial charge in [0.2, 0.25) is 0 Å². The van der Waals surface area contributed by atoms with Crippen LogP contribution >= 0.6 is 0 Å². The van der Waals surface area contributed by atoms with Gasteiger partial charge in [-0.25, -0.2) is 0 Å². The molecule has 11 heavy (non-hydrogen) atoms. The molecule has 0 aromatic heterocycles. The summed E-state index contributed by atoms with van der Waals surface area (Å²) in [5.74, 6) is 2.02. The van der Waals surface area contributed by atoms with Crippen molar-refractivity contribution < 1.29 is 0 Å². The van der Waals surface area contributed by atoms with E-state index in [0.717, 1.165) is 24.7 Å². The third kappa shape index (κ3) is 2.54. The standard InChI is InChI=1S/C10H17N/c1-8(2)5-9-3-4-10(6-9)7-11/h8-10H,3-6H2,1-2H3/t9-,10+/m1/s1. The molecule has 1 saturated carbocycles. The van der Waals surface area contributed by atoms with Crippen molar-refractivity contribution in [3.05, 3.63) is 0 Å². The maximum absolute atomic E-state index is 8.67. The molecule has 0 radical (unpaired) electrons. The first-order chi connectivity index (χ1) is 5.22. The molecule has 1 fully saturated rings. The van der Waals surface area contributed by atoms with Crippen molar-refractivity contribution in [3.63, 3.8) is 0 Å². The molecule has 1 heteroatoms. The molecule has 62 valence electrons. The summed E-state index contributed by atoms with van der Waals surface area (Å²) in [5, 5.41) is 8.67. The molecule has 1 aliphatic carbocycles. The molecule has 0 aliphatic heterocycles. The second-order valence-electron chi connectivity index (χ2n) is 4.13. The van der Waals surface area contributed by atoms with Crippen LogP contribution in [0.2, 0.25) is 0 Å². The van der Waals surface area contributed by atoms with Gasteiger partial charge in [-0.3, -0.25) is 0 Å². The van der Waals surface area contributed by atoms with Crippen LogP contribution in [-0.4, -0.2) is 0 Å². The molecule has 0 amide bonds. The molecule has 2 atom stereocenters. The smallest absolute Gasteiger partial charge is 0.0655 e. The van der Waals surface area contributed by atoms with Crippen molar-refractivity contribution in [2.75, 3.05) is 0 Å². The van der Waals surface area contributed by atoms with E-state index in [2.05, 4.69) is 19.9 Å². The second-order valence-corrected chi connectivity index (χ2v) is 4.13. The van der Waals surface area contributed by atoms with Crippen LogP contribution in [0, 0.1) is 29.1 Å². The maximum atomic E-state index is 8.67. The first-order valence-corrected chi connectivity index (χ1v) is 4.62. The van der Waals surface area contributed by atoms with E-state index in [1.807, 2.05) is 0 Å². The van der Waals surface area contributed by atoms with E-state index in [0.29, 0.717) is 5.92 Å². The third-order valence-electron chi connectivity index (χ3n) is 2.53. The zero-order valence-electron chi connectivity index (χ0n) is 7.51. The fraction of sp³-hybridized carbons (Fsp3) is 0.900. The quantitative estimate of drug-likeness (QED) is 0.595. The number of nitriles is 1. The zero-order chi connectivity index (χ0) is 8.27. The summed E-state index contributed by atoms with van der Waals surface area (Å²) in [7, 11) is 0. The number of hydrogen-bond donors (Lipinski definition) is 0. The van der Waals surface area contributed by atoms with Crippen molar-refractivity contribution >= 4 is 0 Å². The molecule has 0 saturated heterocycles. The van der Waals surface area contributed by atoms with E-state index < -0.39 is 0 Å². The minimum atomic E-state index is 0.374. The lowest BCUT2D eigenvalue weighted by molar-refractivity contribution is 0.413. The fourth-order valence-electron chi connectivity index (χ4n) is 2.07. The molecular weight excluding hydrogens is 134 g/mol. The molecule has 0 N–H and O–H groups in total. The van der Waals surface area contributed by atoms with Gasteiger partial charge in [-0.05, 0) is 37.5 Å². The first-order valence-electron chi connectivity index (χ1n) is 4.62. The molecule has 0 heterocycles. The Kier molecular flexibility index (Phi) is 2.93. The van der Waals surface area contributed by atoms with Gasteiger partial charge in [0.15, 0.2) is 0 Å². The first kappa shape index (κ1) is 8.59. The van der Waals surface area contributed by atoms with Crippen LogP contribution in [0.3, 0.4) is 0 Å². The number of nitrogens with zero attached hydrogens (tertiary/aromatic N) is 1. The SMILES string of the molecule is CC(C)C[C@H]1CC[C@H](C#N)C1. The monoisotopic (exact) mass is 151 g/mol. The van der Waals surface area contributed by atoms with E-state index in [4.69, 9.17) is 5.26 Å². The molecular formula is C10H17N. The topological polar surface area (TPSA) is 23.8 Å². The summed E-state index contributed by atoms with van der Waals surface area (Å²) in [5.41, 5.74) is 0. The highest BCUT2D eigenvalue weighted by Crippen LogP contribution is 2.34.